The van der Waals surface area contributed by atoms with Crippen molar-refractivity contribution in [1.82, 2.24) is 19.7 Å². The van der Waals surface area contributed by atoms with E-state index in [-0.39, 0.29) is 0 Å². The molecule has 78 valence electrons. The van der Waals surface area contributed by atoms with Gasteiger partial charge in [0.15, 0.2) is 0 Å². The molecular formula is C9H10BrN5. The van der Waals surface area contributed by atoms with E-state index in [0.29, 0.717) is 6.54 Å². The molecule has 0 aliphatic rings. The molecule has 6 heteroatoms. The highest BCUT2D eigenvalue weighted by molar-refractivity contribution is 9.10. The van der Waals surface area contributed by atoms with Crippen molar-refractivity contribution in [2.75, 3.05) is 5.32 Å². The number of nitrogens with one attached hydrogen (secondary N) is 1. The first kappa shape index (κ1) is 10.1. The monoisotopic (exact) mass is 267 g/mol. The average Bonchev–Trinajstić information content (AvgIpc) is 2.64. The van der Waals surface area contributed by atoms with Gasteiger partial charge in [-0.1, -0.05) is 0 Å². The number of halogens is 1. The van der Waals surface area contributed by atoms with Crippen molar-refractivity contribution >= 4 is 21.7 Å². The number of aryl methyl sites for hydroxylation is 1. The number of nitrogens with zero attached hydrogens (tertiary/aromatic N) is 4. The first-order valence-corrected chi connectivity index (χ1v) is 5.23. The second-order valence-electron chi connectivity index (χ2n) is 3.06. The SMILES string of the molecule is Cn1ccc(CNc2cnc(Br)cn2)n1. The van der Waals surface area contributed by atoms with Crippen LogP contribution in [0, 0.1) is 0 Å². The summed E-state index contributed by atoms with van der Waals surface area (Å²) >= 11 is 3.23. The fourth-order valence-electron chi connectivity index (χ4n) is 1.14. The van der Waals surface area contributed by atoms with Crippen molar-refractivity contribution in [1.29, 1.82) is 0 Å². The normalized spacial score (nSPS) is 10.3. The van der Waals surface area contributed by atoms with Gasteiger partial charge < -0.3 is 5.32 Å². The topological polar surface area (TPSA) is 55.6 Å². The fraction of sp³-hybridized carbons (Fsp3) is 0.222. The van der Waals surface area contributed by atoms with Crippen LogP contribution in [0.5, 0.6) is 0 Å². The average molecular weight is 268 g/mol. The molecule has 0 saturated carbocycles. The van der Waals surface area contributed by atoms with Crippen LogP contribution in [-0.4, -0.2) is 19.7 Å². The minimum Gasteiger partial charge on any atom is -0.363 e. The van der Waals surface area contributed by atoms with Crippen molar-refractivity contribution in [3.05, 3.63) is 35.0 Å². The van der Waals surface area contributed by atoms with Crippen LogP contribution in [0.25, 0.3) is 0 Å². The molecule has 0 aromatic carbocycles. The Balaban J connectivity index is 1.96. The molecule has 0 bridgehead atoms. The summed E-state index contributed by atoms with van der Waals surface area (Å²) in [7, 11) is 1.89. The van der Waals surface area contributed by atoms with Crippen molar-refractivity contribution in [2.24, 2.45) is 7.05 Å². The molecule has 5 nitrogen and oxygen atoms in total. The fourth-order valence-corrected chi connectivity index (χ4v) is 1.35. The van der Waals surface area contributed by atoms with Gasteiger partial charge in [0.05, 0.1) is 24.6 Å². The van der Waals surface area contributed by atoms with Crippen LogP contribution >= 0.6 is 15.9 Å². The van der Waals surface area contributed by atoms with E-state index in [1.165, 1.54) is 0 Å². The van der Waals surface area contributed by atoms with Crippen LogP contribution in [0.1, 0.15) is 5.69 Å². The lowest BCUT2D eigenvalue weighted by Crippen LogP contribution is -2.03. The summed E-state index contributed by atoms with van der Waals surface area (Å²) in [5, 5.41) is 7.37. The number of hydrogen-bond donors (Lipinski definition) is 1. The molecule has 0 radical (unpaired) electrons. The molecule has 2 aromatic heterocycles. The summed E-state index contributed by atoms with van der Waals surface area (Å²) < 4.78 is 2.50. The van der Waals surface area contributed by atoms with Crippen molar-refractivity contribution in [3.8, 4) is 0 Å². The quantitative estimate of drug-likeness (QED) is 0.918. The van der Waals surface area contributed by atoms with E-state index < -0.39 is 0 Å². The van der Waals surface area contributed by atoms with Crippen LogP contribution in [0.15, 0.2) is 29.3 Å². The van der Waals surface area contributed by atoms with Crippen LogP contribution in [0.3, 0.4) is 0 Å². The Morgan fingerprint density at radius 2 is 2.27 bits per heavy atom. The Hall–Kier alpha value is -1.43. The molecule has 15 heavy (non-hydrogen) atoms. The highest BCUT2D eigenvalue weighted by Gasteiger charge is 1.98. The molecule has 0 aliphatic heterocycles. The summed E-state index contributed by atoms with van der Waals surface area (Å²) in [6, 6.07) is 1.96. The first-order chi connectivity index (χ1) is 7.24. The van der Waals surface area contributed by atoms with Gasteiger partial charge in [0.1, 0.15) is 10.4 Å². The summed E-state index contributed by atoms with van der Waals surface area (Å²) in [5.41, 5.74) is 0.974. The van der Waals surface area contributed by atoms with Crippen LogP contribution in [0.4, 0.5) is 5.82 Å². The van der Waals surface area contributed by atoms with Crippen LogP contribution < -0.4 is 5.32 Å². The van der Waals surface area contributed by atoms with Gasteiger partial charge in [0.2, 0.25) is 0 Å². The number of anilines is 1. The minimum atomic E-state index is 0.650. The predicted octanol–water partition coefficient (Wildman–Crippen LogP) is 1.58. The number of rotatable bonds is 3. The zero-order valence-electron chi connectivity index (χ0n) is 8.18. The molecule has 0 amide bonds. The highest BCUT2D eigenvalue weighted by Crippen LogP contribution is 2.07. The van der Waals surface area contributed by atoms with E-state index in [1.54, 1.807) is 17.1 Å². The van der Waals surface area contributed by atoms with Crippen LogP contribution in [-0.2, 0) is 13.6 Å². The standard InChI is InChI=1S/C9H10BrN5/c1-15-3-2-7(14-15)4-12-9-6-11-8(10)5-13-9/h2-3,5-6H,4H2,1H3,(H,12,13). The van der Waals surface area contributed by atoms with Gasteiger partial charge in [-0.25, -0.2) is 9.97 Å². The van der Waals surface area contributed by atoms with Crippen molar-refractivity contribution in [3.63, 3.8) is 0 Å². The summed E-state index contributed by atoms with van der Waals surface area (Å²) in [6.45, 7) is 0.650. The maximum Gasteiger partial charge on any atom is 0.144 e. The van der Waals surface area contributed by atoms with E-state index in [4.69, 9.17) is 0 Å². The summed E-state index contributed by atoms with van der Waals surface area (Å²) in [6.07, 6.45) is 5.23. The smallest absolute Gasteiger partial charge is 0.144 e. The third-order valence-corrected chi connectivity index (χ3v) is 2.25. The Bertz CT molecular complexity index is 436. The molecule has 0 atom stereocenters. The predicted molar refractivity (Wildman–Crippen MR) is 60.3 cm³/mol. The molecule has 2 heterocycles. The first-order valence-electron chi connectivity index (χ1n) is 4.44. The molecule has 0 saturated heterocycles. The number of hydrogen-bond acceptors (Lipinski definition) is 4. The third kappa shape index (κ3) is 2.76. The molecule has 2 aromatic rings. The summed E-state index contributed by atoms with van der Waals surface area (Å²) in [4.78, 5) is 8.21. The van der Waals surface area contributed by atoms with Crippen molar-refractivity contribution in [2.45, 2.75) is 6.54 Å². The van der Waals surface area contributed by atoms with Crippen LogP contribution in [0.2, 0.25) is 0 Å². The lowest BCUT2D eigenvalue weighted by Gasteiger charge is -2.01. The van der Waals surface area contributed by atoms with Gasteiger partial charge in [0, 0.05) is 13.2 Å². The van der Waals surface area contributed by atoms with Crippen molar-refractivity contribution < 1.29 is 0 Å². The zero-order valence-corrected chi connectivity index (χ0v) is 9.77. The molecule has 0 aliphatic carbocycles. The molecule has 0 spiro atoms. The summed E-state index contributed by atoms with van der Waals surface area (Å²) in [5.74, 6) is 0.740. The second-order valence-corrected chi connectivity index (χ2v) is 3.87. The Kier molecular flexibility index (Phi) is 2.96. The van der Waals surface area contributed by atoms with E-state index >= 15 is 0 Å². The Labute approximate surface area is 95.7 Å². The maximum absolute atomic E-state index is 4.24. The van der Waals surface area contributed by atoms with E-state index in [9.17, 15) is 0 Å². The van der Waals surface area contributed by atoms with Gasteiger partial charge in [-0.2, -0.15) is 5.10 Å². The van der Waals surface area contributed by atoms with Gasteiger partial charge >= 0.3 is 0 Å². The molecule has 1 N–H and O–H groups in total. The molecule has 0 unspecified atom stereocenters. The molecular weight excluding hydrogens is 258 g/mol. The zero-order chi connectivity index (χ0) is 10.7. The number of aromatic nitrogens is 4. The molecule has 2 rings (SSSR count). The highest BCUT2D eigenvalue weighted by atomic mass is 79.9. The lowest BCUT2D eigenvalue weighted by atomic mass is 10.4. The second kappa shape index (κ2) is 4.39. The van der Waals surface area contributed by atoms with Gasteiger partial charge in [0.25, 0.3) is 0 Å². The lowest BCUT2D eigenvalue weighted by molar-refractivity contribution is 0.747. The van der Waals surface area contributed by atoms with E-state index in [2.05, 4.69) is 36.3 Å². The maximum atomic E-state index is 4.24. The van der Waals surface area contributed by atoms with Gasteiger partial charge in [-0.05, 0) is 22.0 Å². The Morgan fingerprint density at radius 3 is 2.87 bits per heavy atom. The van der Waals surface area contributed by atoms with Gasteiger partial charge in [-0.15, -0.1) is 0 Å². The van der Waals surface area contributed by atoms with Gasteiger partial charge in [-0.3, -0.25) is 4.68 Å². The largest absolute Gasteiger partial charge is 0.363 e. The minimum absolute atomic E-state index is 0.650. The van der Waals surface area contributed by atoms with E-state index in [1.807, 2.05) is 19.3 Å². The molecule has 0 fully saturated rings. The third-order valence-electron chi connectivity index (χ3n) is 1.84. The van der Waals surface area contributed by atoms with E-state index in [0.717, 1.165) is 16.1 Å². The Morgan fingerprint density at radius 1 is 1.40 bits per heavy atom.